The molecule has 70 heavy (non-hydrogen) atoms. The number of ether oxygens (including phenoxy) is 5. The van der Waals surface area contributed by atoms with Crippen molar-refractivity contribution < 1.29 is 63.0 Å². The van der Waals surface area contributed by atoms with Gasteiger partial charge >= 0.3 is 5.97 Å². The van der Waals surface area contributed by atoms with Gasteiger partial charge in [0, 0.05) is 64.9 Å². The Kier molecular flexibility index (Phi) is 20.9. The third kappa shape index (κ3) is 14.0. The number of methoxy groups -OCH3 is 3. The SMILES string of the molecule is COC1C(=O)[C@H](C)C[C@H](C)/C=C/C=C/C=C(\C)[C@@H](OC)C[C@@H]2CC(O)[C@@H](C)[C@@](O)(O2)C(=O)C(=O)N2CCCC[C@H]2C(=O)O[C@H]([C@H](C)C[C@@H]2CCC(n3cnnn3)[C@H](OC)C2)CC(=O)[C@H](C)/C=C(\C)[C@H]1O. The number of hydrogen-bond acceptors (Lipinski definition) is 16. The summed E-state index contributed by atoms with van der Waals surface area (Å²) in [5.41, 5.74) is 1.17. The summed E-state index contributed by atoms with van der Waals surface area (Å²) in [7, 11) is 4.54. The summed E-state index contributed by atoms with van der Waals surface area (Å²) in [6.07, 6.45) is 10.7. The van der Waals surface area contributed by atoms with E-state index in [1.165, 1.54) is 21.1 Å². The lowest BCUT2D eigenvalue weighted by Crippen LogP contribution is -2.63. The van der Waals surface area contributed by atoms with E-state index in [1.54, 1.807) is 45.0 Å². The summed E-state index contributed by atoms with van der Waals surface area (Å²) < 4.78 is 31.4. The average Bonchev–Trinajstić information content (AvgIpc) is 3.88. The number of aliphatic hydroxyl groups excluding tert-OH is 2. The van der Waals surface area contributed by atoms with Crippen molar-refractivity contribution in [3.05, 3.63) is 53.9 Å². The maximum atomic E-state index is 14.5. The topological polar surface area (TPSA) is 239 Å². The van der Waals surface area contributed by atoms with Crippen molar-refractivity contribution >= 4 is 29.2 Å². The van der Waals surface area contributed by atoms with Crippen LogP contribution in [-0.2, 0) is 47.7 Å². The van der Waals surface area contributed by atoms with Crippen molar-refractivity contribution in [3.8, 4) is 0 Å². The maximum Gasteiger partial charge on any atom is 0.329 e. The molecule has 5 rings (SSSR count). The second-order valence-electron chi connectivity index (χ2n) is 20.5. The van der Waals surface area contributed by atoms with Crippen LogP contribution in [0.5, 0.6) is 0 Å². The van der Waals surface area contributed by atoms with Gasteiger partial charge in [0.2, 0.25) is 5.79 Å². The van der Waals surface area contributed by atoms with Gasteiger partial charge in [-0.3, -0.25) is 19.2 Å². The zero-order valence-electron chi connectivity index (χ0n) is 42.8. The van der Waals surface area contributed by atoms with Gasteiger partial charge in [0.25, 0.3) is 11.7 Å². The number of ketones is 3. The average molecular weight is 982 g/mol. The Morgan fingerprint density at radius 3 is 2.30 bits per heavy atom. The first-order valence-electron chi connectivity index (χ1n) is 25.1. The summed E-state index contributed by atoms with van der Waals surface area (Å²) in [5, 5.41) is 46.4. The van der Waals surface area contributed by atoms with Gasteiger partial charge in [-0.25, -0.2) is 9.48 Å². The van der Waals surface area contributed by atoms with Crippen LogP contribution < -0.4 is 0 Å². The molecule has 18 heteroatoms. The van der Waals surface area contributed by atoms with Crippen LogP contribution in [0.2, 0.25) is 0 Å². The van der Waals surface area contributed by atoms with E-state index < -0.39 is 83.9 Å². The van der Waals surface area contributed by atoms with E-state index in [4.69, 9.17) is 23.7 Å². The minimum Gasteiger partial charge on any atom is -0.460 e. The molecule has 3 fully saturated rings. The number of amides is 1. The van der Waals surface area contributed by atoms with Gasteiger partial charge < -0.3 is 43.9 Å². The molecule has 0 aromatic carbocycles. The first-order chi connectivity index (χ1) is 33.2. The van der Waals surface area contributed by atoms with E-state index in [9.17, 15) is 39.3 Å². The number of Topliss-reactive ketones (excluding diaryl/α,β-unsaturated/α-hetero) is 3. The molecular formula is C52H79N5O13. The molecule has 16 atom stereocenters. The first kappa shape index (κ1) is 56.6. The third-order valence-electron chi connectivity index (χ3n) is 15.3. The monoisotopic (exact) mass is 982 g/mol. The zero-order chi connectivity index (χ0) is 51.4. The Morgan fingerprint density at radius 2 is 1.63 bits per heavy atom. The fourth-order valence-electron chi connectivity index (χ4n) is 10.8. The highest BCUT2D eigenvalue weighted by atomic mass is 16.6. The summed E-state index contributed by atoms with van der Waals surface area (Å²) in [6, 6.07) is -1.28. The van der Waals surface area contributed by atoms with E-state index in [0.717, 1.165) is 23.3 Å². The van der Waals surface area contributed by atoms with Gasteiger partial charge in [0.1, 0.15) is 36.5 Å². The molecule has 3 aliphatic heterocycles. The van der Waals surface area contributed by atoms with Crippen LogP contribution in [0.4, 0.5) is 0 Å². The Morgan fingerprint density at radius 1 is 0.886 bits per heavy atom. The van der Waals surface area contributed by atoms with Crippen molar-refractivity contribution in [2.45, 2.75) is 180 Å². The van der Waals surface area contributed by atoms with Crippen molar-refractivity contribution in [1.29, 1.82) is 0 Å². The largest absolute Gasteiger partial charge is 0.460 e. The number of rotatable bonds is 7. The van der Waals surface area contributed by atoms with E-state index >= 15 is 0 Å². The minimum absolute atomic E-state index is 0.00946. The molecule has 1 aliphatic carbocycles. The Labute approximate surface area is 413 Å². The summed E-state index contributed by atoms with van der Waals surface area (Å²) in [4.78, 5) is 72.3. The van der Waals surface area contributed by atoms with E-state index in [1.807, 2.05) is 51.2 Å². The highest BCUT2D eigenvalue weighted by molar-refractivity contribution is 6.39. The van der Waals surface area contributed by atoms with Crippen molar-refractivity contribution in [1.82, 2.24) is 25.1 Å². The Balaban J connectivity index is 1.48. The van der Waals surface area contributed by atoms with Crippen LogP contribution in [0.15, 0.2) is 53.9 Å². The number of hydrogen-bond donors (Lipinski definition) is 3. The summed E-state index contributed by atoms with van der Waals surface area (Å²) in [6.45, 7) is 12.4. The highest BCUT2D eigenvalue weighted by Crippen LogP contribution is 2.39. The molecule has 3 unspecified atom stereocenters. The Hall–Kier alpha value is -4.30. The number of aromatic nitrogens is 4. The summed E-state index contributed by atoms with van der Waals surface area (Å²) in [5.74, 6) is -9.17. The lowest BCUT2D eigenvalue weighted by atomic mass is 9.77. The van der Waals surface area contributed by atoms with E-state index in [-0.39, 0.29) is 73.7 Å². The molecule has 4 heterocycles. The molecule has 4 aliphatic rings. The van der Waals surface area contributed by atoms with Crippen LogP contribution in [0.1, 0.15) is 125 Å². The van der Waals surface area contributed by atoms with Crippen LogP contribution in [-0.4, -0.2) is 152 Å². The molecule has 1 amide bonds. The van der Waals surface area contributed by atoms with Gasteiger partial charge in [0.15, 0.2) is 5.78 Å². The van der Waals surface area contributed by atoms with Crippen molar-refractivity contribution in [2.75, 3.05) is 27.9 Å². The normalized spacial score (nSPS) is 39.4. The molecule has 18 nitrogen and oxygen atoms in total. The van der Waals surface area contributed by atoms with Gasteiger partial charge in [-0.15, -0.1) is 5.10 Å². The van der Waals surface area contributed by atoms with Gasteiger partial charge in [-0.05, 0) is 105 Å². The molecule has 2 saturated heterocycles. The molecule has 0 radical (unpaired) electrons. The molecular weight excluding hydrogens is 903 g/mol. The highest BCUT2D eigenvalue weighted by Gasteiger charge is 2.56. The van der Waals surface area contributed by atoms with Crippen molar-refractivity contribution in [2.24, 2.45) is 35.5 Å². The number of carbonyl (C=O) groups is 5. The van der Waals surface area contributed by atoms with E-state index in [2.05, 4.69) is 15.5 Å². The number of fused-ring (bicyclic) bond motifs is 3. The van der Waals surface area contributed by atoms with Gasteiger partial charge in [0.05, 0.1) is 30.5 Å². The second kappa shape index (κ2) is 25.9. The van der Waals surface area contributed by atoms with Crippen LogP contribution in [0, 0.1) is 35.5 Å². The molecule has 390 valence electrons. The fraction of sp³-hybridized carbons (Fsp3) is 0.731. The standard InChI is InChI=1S/C52H79N5O13/c1-30-16-12-11-13-17-31(2)43(66-8)27-38-26-42(59)36(7)52(65,70-38)49(62)50(63)56-21-15-14-18-40(56)51(64)69-44(33(4)24-37-19-20-39(45(25-37)67-9)57-29-53-54-55-57)28-41(58)32(3)23-35(6)47(61)48(68-10)46(60)34(5)22-30/h11-13,16-17,23,29-30,32-34,36-40,42-45,47-48,59,61,65H,14-15,18-22,24-28H2,1-10H3/b13-11+,16-12+,31-17+,35-23+/t30-,32-,33-,34-,36-,37+,38+,39?,40+,42?,43+,44+,45-,47-,48?,52-/m1/s1. The maximum absolute atomic E-state index is 14.5. The summed E-state index contributed by atoms with van der Waals surface area (Å²) >= 11 is 0. The van der Waals surface area contributed by atoms with Gasteiger partial charge in [-0.1, -0.05) is 71.1 Å². The molecule has 0 spiro atoms. The lowest BCUT2D eigenvalue weighted by Gasteiger charge is -2.44. The van der Waals surface area contributed by atoms with Crippen LogP contribution in [0.3, 0.4) is 0 Å². The Bertz CT molecular complexity index is 2060. The number of aliphatic hydroxyl groups is 3. The molecule has 1 aromatic heterocycles. The molecule has 1 saturated carbocycles. The molecule has 2 bridgehead atoms. The molecule has 1 aromatic rings. The number of nitrogens with zero attached hydrogens (tertiary/aromatic N) is 5. The van der Waals surface area contributed by atoms with Crippen molar-refractivity contribution in [3.63, 3.8) is 0 Å². The van der Waals surface area contributed by atoms with Gasteiger partial charge in [-0.2, -0.15) is 0 Å². The predicted octanol–water partition coefficient (Wildman–Crippen LogP) is 5.02. The number of carbonyl (C=O) groups excluding carboxylic acids is 5. The quantitative estimate of drug-likeness (QED) is 0.185. The number of allylic oxidation sites excluding steroid dienone is 6. The van der Waals surface area contributed by atoms with Crippen LogP contribution >= 0.6 is 0 Å². The number of tetrazole rings is 1. The number of esters is 1. The fourth-order valence-corrected chi connectivity index (χ4v) is 10.8. The lowest BCUT2D eigenvalue weighted by molar-refractivity contribution is -0.285. The van der Waals surface area contributed by atoms with E-state index in [0.29, 0.717) is 37.7 Å². The minimum atomic E-state index is -2.71. The number of cyclic esters (lactones) is 1. The third-order valence-corrected chi connectivity index (χ3v) is 15.3. The number of piperidine rings is 1. The predicted molar refractivity (Wildman–Crippen MR) is 257 cm³/mol. The molecule has 3 N–H and O–H groups in total. The smallest absolute Gasteiger partial charge is 0.329 e. The van der Waals surface area contributed by atoms with Crippen LogP contribution in [0.25, 0.3) is 0 Å². The second-order valence-corrected chi connectivity index (χ2v) is 20.5. The zero-order valence-corrected chi connectivity index (χ0v) is 42.8. The first-order valence-corrected chi connectivity index (χ1v) is 25.1.